The van der Waals surface area contributed by atoms with Crippen LogP contribution in [-0.2, 0) is 61.9 Å². The fourth-order valence-corrected chi connectivity index (χ4v) is 7.96. The van der Waals surface area contributed by atoms with Gasteiger partial charge in [-0.2, -0.15) is 0 Å². The Hall–Kier alpha value is -3.45. The second-order valence-electron chi connectivity index (χ2n) is 17.7. The predicted octanol–water partition coefficient (Wildman–Crippen LogP) is -9.90. The van der Waals surface area contributed by atoms with Gasteiger partial charge in [-0.3, -0.25) is 24.0 Å². The number of ether oxygens (including phenoxy) is 8. The molecule has 21 atom stereocenters. The molecule has 0 aromatic heterocycles. The molecule has 0 aromatic rings. The van der Waals surface area contributed by atoms with Gasteiger partial charge in [0.1, 0.15) is 85.4 Å². The molecule has 0 spiro atoms. The number of aliphatic hydroxyl groups is 12. The number of nitrogens with one attached hydrogen (secondary N) is 5. The first-order valence-corrected chi connectivity index (χ1v) is 23.6. The summed E-state index contributed by atoms with van der Waals surface area (Å²) in [5, 5.41) is 136. The predicted molar refractivity (Wildman–Crippen MR) is 235 cm³/mol. The molecule has 5 amide bonds. The van der Waals surface area contributed by atoms with Crippen molar-refractivity contribution in [3.63, 3.8) is 0 Å². The van der Waals surface area contributed by atoms with Gasteiger partial charge >= 0.3 is 0 Å². The highest BCUT2D eigenvalue weighted by Crippen LogP contribution is 2.31. The second kappa shape index (κ2) is 29.6. The molecule has 4 aliphatic heterocycles. The van der Waals surface area contributed by atoms with Gasteiger partial charge in [-0.05, 0) is 19.8 Å². The Morgan fingerprint density at radius 1 is 0.528 bits per heavy atom. The van der Waals surface area contributed by atoms with E-state index in [1.54, 1.807) is 13.8 Å². The Kier molecular flexibility index (Phi) is 25.1. The lowest BCUT2D eigenvalue weighted by Crippen LogP contribution is -2.65. The van der Waals surface area contributed by atoms with Gasteiger partial charge in [0.05, 0.1) is 51.8 Å². The number of hydrogen-bond donors (Lipinski definition) is 17. The van der Waals surface area contributed by atoms with Gasteiger partial charge in [0, 0.05) is 45.3 Å². The summed E-state index contributed by atoms with van der Waals surface area (Å²) in [5.74, 6) is -3.55. The molecule has 72 heavy (non-hydrogen) atoms. The zero-order valence-corrected chi connectivity index (χ0v) is 40.0. The van der Waals surface area contributed by atoms with Crippen LogP contribution in [0.3, 0.4) is 0 Å². The van der Waals surface area contributed by atoms with Crippen molar-refractivity contribution in [2.75, 3.05) is 59.7 Å². The van der Waals surface area contributed by atoms with E-state index >= 15 is 0 Å². The highest BCUT2D eigenvalue weighted by atomic mass is 16.8. The van der Waals surface area contributed by atoms with Crippen LogP contribution in [0.15, 0.2) is 0 Å². The Labute approximate surface area is 413 Å². The van der Waals surface area contributed by atoms with Crippen molar-refractivity contribution in [2.45, 2.75) is 169 Å². The van der Waals surface area contributed by atoms with E-state index in [-0.39, 0.29) is 51.8 Å². The third-order valence-electron chi connectivity index (χ3n) is 12.5. The zero-order valence-electron chi connectivity index (χ0n) is 40.0. The number of amides is 5. The lowest BCUT2D eigenvalue weighted by molar-refractivity contribution is -0.366. The first kappa shape index (κ1) is 61.1. The van der Waals surface area contributed by atoms with Crippen molar-refractivity contribution in [3.05, 3.63) is 0 Å². The monoisotopic (exact) mass is 1050 g/mol. The van der Waals surface area contributed by atoms with Crippen molar-refractivity contribution in [2.24, 2.45) is 5.92 Å². The van der Waals surface area contributed by atoms with Crippen LogP contribution in [0, 0.1) is 5.92 Å². The highest BCUT2D eigenvalue weighted by molar-refractivity contribution is 5.91. The fraction of sp³-hybridized carbons (Fsp3) is 0.881. The minimum absolute atomic E-state index is 0.0112. The van der Waals surface area contributed by atoms with E-state index in [2.05, 4.69) is 26.6 Å². The van der Waals surface area contributed by atoms with Gasteiger partial charge in [0.25, 0.3) is 0 Å². The summed E-state index contributed by atoms with van der Waals surface area (Å²) in [4.78, 5) is 63.1. The van der Waals surface area contributed by atoms with Gasteiger partial charge in [0.2, 0.25) is 29.5 Å². The van der Waals surface area contributed by atoms with Crippen molar-refractivity contribution in [1.29, 1.82) is 0 Å². The zero-order chi connectivity index (χ0) is 53.4. The summed E-state index contributed by atoms with van der Waals surface area (Å²) >= 11 is 0. The molecule has 30 heteroatoms. The lowest BCUT2D eigenvalue weighted by Gasteiger charge is -2.46. The summed E-state index contributed by atoms with van der Waals surface area (Å²) in [6.07, 6.45) is -30.7. The summed E-state index contributed by atoms with van der Waals surface area (Å²) in [7, 11) is 1.34. The van der Waals surface area contributed by atoms with Crippen LogP contribution in [0.25, 0.3) is 0 Å². The molecule has 4 heterocycles. The Morgan fingerprint density at radius 2 is 1.04 bits per heavy atom. The molecule has 4 fully saturated rings. The Morgan fingerprint density at radius 3 is 1.62 bits per heavy atom. The number of hydrogen-bond acceptors (Lipinski definition) is 25. The molecule has 4 saturated heterocycles. The second-order valence-corrected chi connectivity index (χ2v) is 17.7. The van der Waals surface area contributed by atoms with Gasteiger partial charge in [0.15, 0.2) is 25.2 Å². The van der Waals surface area contributed by atoms with Gasteiger partial charge < -0.3 is 126 Å². The first-order chi connectivity index (χ1) is 34.1. The van der Waals surface area contributed by atoms with E-state index in [1.807, 2.05) is 0 Å². The topological polar surface area (TPSA) is 462 Å². The number of likely N-dealkylation sites (N-methyl/N-ethyl adjacent to an activating group) is 1. The van der Waals surface area contributed by atoms with Crippen molar-refractivity contribution >= 4 is 29.5 Å². The molecule has 0 aliphatic carbocycles. The molecule has 0 aromatic carbocycles. The van der Waals surface area contributed by atoms with Crippen LogP contribution in [0.4, 0.5) is 0 Å². The molecule has 0 bridgehead atoms. The van der Waals surface area contributed by atoms with E-state index in [1.165, 1.54) is 7.05 Å². The van der Waals surface area contributed by atoms with Crippen molar-refractivity contribution in [3.8, 4) is 0 Å². The van der Waals surface area contributed by atoms with Crippen LogP contribution in [-0.4, -0.2) is 273 Å². The Bertz CT molecular complexity index is 1710. The van der Waals surface area contributed by atoms with Gasteiger partial charge in [-0.1, -0.05) is 6.92 Å². The number of carbonyl (C=O) groups excluding carboxylic acids is 5. The largest absolute Gasteiger partial charge is 0.394 e. The van der Waals surface area contributed by atoms with Crippen LogP contribution >= 0.6 is 0 Å². The molecule has 0 radical (unpaired) electrons. The molecule has 30 nitrogen and oxygen atoms in total. The lowest BCUT2D eigenvalue weighted by atomic mass is 9.91. The van der Waals surface area contributed by atoms with Crippen LogP contribution in [0.1, 0.15) is 46.0 Å². The van der Waals surface area contributed by atoms with Crippen LogP contribution in [0.5, 0.6) is 0 Å². The maximum atomic E-state index is 13.0. The average Bonchev–Trinajstić information content (AvgIpc) is 3.36. The van der Waals surface area contributed by atoms with E-state index in [4.69, 9.17) is 37.9 Å². The van der Waals surface area contributed by atoms with Crippen molar-refractivity contribution in [1.82, 2.24) is 26.6 Å². The van der Waals surface area contributed by atoms with Gasteiger partial charge in [-0.15, -0.1) is 0 Å². The normalized spacial score (nSPS) is 37.5. The van der Waals surface area contributed by atoms with E-state index in [9.17, 15) is 85.3 Å². The maximum Gasteiger partial charge on any atom is 0.243 e. The highest BCUT2D eigenvalue weighted by Gasteiger charge is 2.52. The quantitative estimate of drug-likeness (QED) is 0.0358. The van der Waals surface area contributed by atoms with E-state index in [0.717, 1.165) is 0 Å². The molecule has 17 N–H and O–H groups in total. The minimum Gasteiger partial charge on any atom is -0.394 e. The SMILES string of the molecule is CNC(=O)CNC(=O)[C@H](CCC(=O)NCCO[C@H]1O[C@H](CO[C@H]2O[C@H](CO)[C@@H](O)[C@H](O)[C@@H]2O)[C@@H](O)[C@H](O[C@H]2O[C@H](CO)[C@@H](O)[C@H](O)[C@@H]2O)[C@@H]1O)NC(=O)CCCC(=O)NCCO[C@@H]1O[C@@H](C)[C@@H](O)[C@@H](C)[C@@H]1O. The third-order valence-corrected chi connectivity index (χ3v) is 12.5. The molecule has 4 rings (SSSR count). The maximum absolute atomic E-state index is 13.0. The number of aliphatic hydroxyl groups excluding tert-OH is 12. The van der Waals surface area contributed by atoms with Crippen LogP contribution in [0.2, 0.25) is 0 Å². The summed E-state index contributed by atoms with van der Waals surface area (Å²) < 4.78 is 44.3. The van der Waals surface area contributed by atoms with Gasteiger partial charge in [-0.25, -0.2) is 0 Å². The average molecular weight is 1050 g/mol. The van der Waals surface area contributed by atoms with Crippen LogP contribution < -0.4 is 26.6 Å². The molecule has 0 unspecified atom stereocenters. The van der Waals surface area contributed by atoms with E-state index in [0.29, 0.717) is 0 Å². The van der Waals surface area contributed by atoms with E-state index < -0.39 is 191 Å². The molecular weight excluding hydrogens is 974 g/mol. The Balaban J connectivity index is 1.28. The fourth-order valence-electron chi connectivity index (χ4n) is 7.96. The number of rotatable bonds is 26. The smallest absolute Gasteiger partial charge is 0.243 e. The summed E-state index contributed by atoms with van der Waals surface area (Å²) in [6, 6.07) is -1.31. The minimum atomic E-state index is -1.97. The summed E-state index contributed by atoms with van der Waals surface area (Å²) in [6.45, 7) is -0.112. The molecule has 4 aliphatic rings. The number of carbonyl (C=O) groups is 5. The third kappa shape index (κ3) is 17.0. The van der Waals surface area contributed by atoms with Crippen molar-refractivity contribution < 1.29 is 123 Å². The molecular formula is C42H73N5O25. The standard InChI is InChI=1S/C42H73N5O25/c1-17-27(54)18(2)68-39(28(17)55)65-11-9-44-23(50)5-4-6-25(52)47-19(38(64)46-13-26(53)43-3)7-8-24(51)45-10-12-66-41-36(63)37(72-42-35(62)33(60)30(57)21(15-49)70-42)31(58)22(71-41)16-67-40-34(61)32(59)29(56)20(14-48)69-40/h17-22,27-37,39-42,48-49,54-63H,4-16H2,1-3H3,(H,43,53)(H,44,50)(H,45,51)(H,46,64)(H,47,52)/t17-,18+,19+,20-,21-,22-,27+,28+,29-,30-,31-,32+,33+,34+,35+,36+,37+,39-,40+,41+,42-/m1/s1. The molecule has 0 saturated carbocycles. The molecule has 416 valence electrons. The first-order valence-electron chi connectivity index (χ1n) is 23.6. The summed E-state index contributed by atoms with van der Waals surface area (Å²) in [5.41, 5.74) is 0.